The van der Waals surface area contributed by atoms with Gasteiger partial charge in [0.05, 0.1) is 18.9 Å². The third kappa shape index (κ3) is 6.47. The van der Waals surface area contributed by atoms with E-state index in [2.05, 4.69) is 5.32 Å². The van der Waals surface area contributed by atoms with Crippen LogP contribution < -0.4 is 10.1 Å². The summed E-state index contributed by atoms with van der Waals surface area (Å²) in [6.45, 7) is 0.822. The molecule has 2 amide bonds. The van der Waals surface area contributed by atoms with E-state index in [1.165, 1.54) is 4.90 Å². The highest BCUT2D eigenvalue weighted by Crippen LogP contribution is 2.26. The summed E-state index contributed by atoms with van der Waals surface area (Å²) in [7, 11) is 1.62. The van der Waals surface area contributed by atoms with Crippen molar-refractivity contribution in [2.45, 2.75) is 18.9 Å². The van der Waals surface area contributed by atoms with Gasteiger partial charge in [-0.1, -0.05) is 29.8 Å². The molecule has 1 saturated heterocycles. The van der Waals surface area contributed by atoms with Crippen molar-refractivity contribution in [3.63, 3.8) is 0 Å². The minimum Gasteiger partial charge on any atom is -0.497 e. The summed E-state index contributed by atoms with van der Waals surface area (Å²) in [4.78, 5) is 33.0. The first-order chi connectivity index (χ1) is 19.0. The molecular formula is C30H29ClN4O4. The first-order valence-electron chi connectivity index (χ1n) is 12.8. The molecule has 0 saturated carbocycles. The van der Waals surface area contributed by atoms with Crippen molar-refractivity contribution in [2.24, 2.45) is 0 Å². The second-order valence-electron chi connectivity index (χ2n) is 9.26. The Bertz CT molecular complexity index is 1420. The minimum atomic E-state index is -0.362. The Hall–Kier alpha value is -4.14. The van der Waals surface area contributed by atoms with Crippen molar-refractivity contribution < 1.29 is 19.1 Å². The van der Waals surface area contributed by atoms with E-state index >= 15 is 0 Å². The molecule has 0 bridgehead atoms. The number of rotatable bonds is 9. The molecule has 4 aromatic rings. The largest absolute Gasteiger partial charge is 0.497 e. The van der Waals surface area contributed by atoms with Crippen LogP contribution in [0.2, 0.25) is 5.02 Å². The fourth-order valence-electron chi connectivity index (χ4n) is 4.52. The average Bonchev–Trinajstić information content (AvgIpc) is 3.63. The van der Waals surface area contributed by atoms with Gasteiger partial charge in [0, 0.05) is 41.2 Å². The molecule has 0 spiro atoms. The van der Waals surface area contributed by atoms with Crippen LogP contribution in [0.25, 0.3) is 16.9 Å². The Morgan fingerprint density at radius 1 is 1.08 bits per heavy atom. The molecule has 8 nitrogen and oxygen atoms in total. The van der Waals surface area contributed by atoms with E-state index in [0.717, 1.165) is 29.8 Å². The maximum absolute atomic E-state index is 13.4. The number of amides is 2. The van der Waals surface area contributed by atoms with E-state index in [0.29, 0.717) is 35.4 Å². The fraction of sp³-hybridized carbons (Fsp3) is 0.233. The second kappa shape index (κ2) is 12.1. The van der Waals surface area contributed by atoms with Crippen LogP contribution in [-0.2, 0) is 9.53 Å². The lowest BCUT2D eigenvalue weighted by molar-refractivity contribution is -0.117. The summed E-state index contributed by atoms with van der Waals surface area (Å²) in [6, 6.07) is 23.8. The van der Waals surface area contributed by atoms with E-state index < -0.39 is 0 Å². The van der Waals surface area contributed by atoms with Crippen LogP contribution in [0.15, 0.2) is 85.1 Å². The van der Waals surface area contributed by atoms with Gasteiger partial charge in [0.2, 0.25) is 11.9 Å². The number of carbonyl (C=O) groups is 2. The zero-order valence-corrected chi connectivity index (χ0v) is 22.3. The van der Waals surface area contributed by atoms with Crippen LogP contribution in [0.5, 0.6) is 5.75 Å². The van der Waals surface area contributed by atoms with Gasteiger partial charge in [-0.25, -0.2) is 4.98 Å². The van der Waals surface area contributed by atoms with Crippen molar-refractivity contribution in [2.75, 3.05) is 32.1 Å². The van der Waals surface area contributed by atoms with Crippen LogP contribution >= 0.6 is 11.6 Å². The summed E-state index contributed by atoms with van der Waals surface area (Å²) in [6.07, 6.45) is 3.54. The van der Waals surface area contributed by atoms with Gasteiger partial charge in [-0.3, -0.25) is 19.5 Å². The SMILES string of the molecule is COc1ccc(-c2cn(-c3ccccc3)c(NC(=O)CN(C[C@@H]3CCCO3)C(=O)c3ccc(Cl)cc3)n2)cc1. The van der Waals surface area contributed by atoms with Gasteiger partial charge in [0.15, 0.2) is 0 Å². The first-order valence-corrected chi connectivity index (χ1v) is 13.1. The van der Waals surface area contributed by atoms with Crippen molar-refractivity contribution in [1.29, 1.82) is 0 Å². The predicted octanol–water partition coefficient (Wildman–Crippen LogP) is 5.46. The molecule has 0 aliphatic carbocycles. The van der Waals surface area contributed by atoms with Gasteiger partial charge < -0.3 is 14.4 Å². The number of halogens is 1. The van der Waals surface area contributed by atoms with Crippen LogP contribution in [0, 0.1) is 0 Å². The molecule has 200 valence electrons. The maximum atomic E-state index is 13.4. The summed E-state index contributed by atoms with van der Waals surface area (Å²) in [5.41, 5.74) is 2.86. The Balaban J connectivity index is 1.40. The quantitative estimate of drug-likeness (QED) is 0.302. The highest BCUT2D eigenvalue weighted by atomic mass is 35.5. The number of methoxy groups -OCH3 is 1. The molecule has 1 aliphatic heterocycles. The lowest BCUT2D eigenvalue weighted by Gasteiger charge is -2.25. The molecule has 1 N–H and O–H groups in total. The minimum absolute atomic E-state index is 0.109. The molecule has 1 aliphatic rings. The normalized spacial score (nSPS) is 14.7. The van der Waals surface area contributed by atoms with Crippen LogP contribution in [0.4, 0.5) is 5.95 Å². The summed E-state index contributed by atoms with van der Waals surface area (Å²) in [5, 5.41) is 3.46. The van der Waals surface area contributed by atoms with Crippen molar-refractivity contribution in [3.8, 4) is 22.7 Å². The third-order valence-electron chi connectivity index (χ3n) is 6.54. The number of nitrogens with one attached hydrogen (secondary N) is 1. The molecule has 1 aromatic heterocycles. The van der Waals surface area contributed by atoms with Gasteiger partial charge in [-0.2, -0.15) is 0 Å². The number of hydrogen-bond donors (Lipinski definition) is 1. The number of anilines is 1. The molecule has 3 aromatic carbocycles. The average molecular weight is 545 g/mol. The van der Waals surface area contributed by atoms with E-state index in [9.17, 15) is 9.59 Å². The molecule has 1 fully saturated rings. The van der Waals surface area contributed by atoms with Gasteiger partial charge in [0.1, 0.15) is 12.3 Å². The topological polar surface area (TPSA) is 85.7 Å². The second-order valence-corrected chi connectivity index (χ2v) is 9.70. The summed E-state index contributed by atoms with van der Waals surface area (Å²) < 4.78 is 12.9. The lowest BCUT2D eigenvalue weighted by Crippen LogP contribution is -2.42. The van der Waals surface area contributed by atoms with Gasteiger partial charge in [-0.15, -0.1) is 0 Å². The zero-order chi connectivity index (χ0) is 27.2. The third-order valence-corrected chi connectivity index (χ3v) is 6.79. The van der Waals surface area contributed by atoms with E-state index in [1.54, 1.807) is 31.4 Å². The van der Waals surface area contributed by atoms with E-state index in [-0.39, 0.29) is 24.5 Å². The number of para-hydroxylation sites is 1. The predicted molar refractivity (Wildman–Crippen MR) is 151 cm³/mol. The number of carbonyl (C=O) groups excluding carboxylic acids is 2. The smallest absolute Gasteiger partial charge is 0.254 e. The Labute approximate surface area is 232 Å². The Kier molecular flexibility index (Phi) is 8.24. The van der Waals surface area contributed by atoms with Gasteiger partial charge in [-0.05, 0) is 73.5 Å². The van der Waals surface area contributed by atoms with Crippen LogP contribution in [-0.4, -0.2) is 59.2 Å². The maximum Gasteiger partial charge on any atom is 0.254 e. The van der Waals surface area contributed by atoms with Crippen molar-refractivity contribution >= 4 is 29.4 Å². The standard InChI is InChI=1S/C30H29ClN4O4/c1-38-25-15-11-21(12-16-25)27-19-35(24-6-3-2-4-7-24)30(32-27)33-28(36)20-34(18-26-8-5-17-39-26)29(37)22-9-13-23(31)14-10-22/h2-4,6-7,9-16,19,26H,5,8,17-18,20H2,1H3,(H,32,33,36)/t26-/m0/s1. The summed E-state index contributed by atoms with van der Waals surface area (Å²) >= 11 is 6.01. The fourth-order valence-corrected chi connectivity index (χ4v) is 4.65. The summed E-state index contributed by atoms with van der Waals surface area (Å²) in [5.74, 6) is 0.474. The molecule has 5 rings (SSSR count). The number of benzene rings is 3. The monoisotopic (exact) mass is 544 g/mol. The number of ether oxygens (including phenoxy) is 2. The Morgan fingerprint density at radius 2 is 1.82 bits per heavy atom. The van der Waals surface area contributed by atoms with Crippen LogP contribution in [0.3, 0.4) is 0 Å². The highest BCUT2D eigenvalue weighted by Gasteiger charge is 2.26. The molecule has 2 heterocycles. The van der Waals surface area contributed by atoms with Crippen LogP contribution in [0.1, 0.15) is 23.2 Å². The molecule has 39 heavy (non-hydrogen) atoms. The van der Waals surface area contributed by atoms with Crippen molar-refractivity contribution in [1.82, 2.24) is 14.5 Å². The molecule has 0 radical (unpaired) electrons. The number of nitrogens with zero attached hydrogens (tertiary/aromatic N) is 3. The number of aromatic nitrogens is 2. The van der Waals surface area contributed by atoms with Gasteiger partial charge in [0.25, 0.3) is 5.91 Å². The molecule has 0 unspecified atom stereocenters. The highest BCUT2D eigenvalue weighted by molar-refractivity contribution is 6.30. The van der Waals surface area contributed by atoms with Crippen molar-refractivity contribution in [3.05, 3.63) is 95.6 Å². The number of imidazole rings is 1. The van der Waals surface area contributed by atoms with E-state index in [4.69, 9.17) is 26.1 Å². The number of hydrogen-bond acceptors (Lipinski definition) is 5. The molecular weight excluding hydrogens is 516 g/mol. The Morgan fingerprint density at radius 3 is 2.49 bits per heavy atom. The molecule has 1 atom stereocenters. The lowest BCUT2D eigenvalue weighted by atomic mass is 10.1. The molecule has 9 heteroatoms. The van der Waals surface area contributed by atoms with Gasteiger partial charge >= 0.3 is 0 Å². The first kappa shape index (κ1) is 26.5. The van der Waals surface area contributed by atoms with E-state index in [1.807, 2.05) is 65.4 Å². The zero-order valence-electron chi connectivity index (χ0n) is 21.5.